The summed E-state index contributed by atoms with van der Waals surface area (Å²) in [5.74, 6) is 0. The van der Waals surface area contributed by atoms with E-state index in [1.807, 2.05) is 12.1 Å². The first-order valence-corrected chi connectivity index (χ1v) is 23.5. The monoisotopic (exact) mass is 867 g/mol. The molecule has 0 aliphatic heterocycles. The van der Waals surface area contributed by atoms with Crippen molar-refractivity contribution in [3.63, 3.8) is 0 Å². The molecule has 2 heteroatoms. The molecule has 1 unspecified atom stereocenters. The molecule has 13 rings (SSSR count). The lowest BCUT2D eigenvalue weighted by Crippen LogP contribution is -2.22. The Morgan fingerprint density at radius 1 is 0.353 bits per heavy atom. The van der Waals surface area contributed by atoms with E-state index in [9.17, 15) is 0 Å². The van der Waals surface area contributed by atoms with E-state index in [1.54, 1.807) is 0 Å². The Kier molecular flexibility index (Phi) is 9.33. The van der Waals surface area contributed by atoms with Crippen LogP contribution in [0.2, 0.25) is 0 Å². The quantitative estimate of drug-likeness (QED) is 0.151. The number of hydrogen-bond acceptors (Lipinski definition) is 2. The molecule has 0 radical (unpaired) electrons. The van der Waals surface area contributed by atoms with Crippen molar-refractivity contribution in [1.29, 1.82) is 0 Å². The molecule has 0 saturated carbocycles. The summed E-state index contributed by atoms with van der Waals surface area (Å²) in [5, 5.41) is 4.67. The average Bonchev–Trinajstić information content (AvgIpc) is 3.92. The second-order valence-electron chi connectivity index (χ2n) is 18.1. The van der Waals surface area contributed by atoms with Crippen LogP contribution >= 0.6 is 0 Å². The number of hydrogen-bond donors (Lipinski definition) is 0. The van der Waals surface area contributed by atoms with Crippen LogP contribution in [0.25, 0.3) is 88.3 Å². The van der Waals surface area contributed by atoms with Crippen molar-refractivity contribution in [3.8, 4) is 55.6 Å². The number of rotatable bonds is 8. The van der Waals surface area contributed by atoms with Crippen LogP contribution in [0.4, 0.5) is 17.1 Å². The van der Waals surface area contributed by atoms with Crippen molar-refractivity contribution >= 4 is 49.8 Å². The van der Waals surface area contributed by atoms with Crippen LogP contribution in [0.15, 0.2) is 259 Å². The van der Waals surface area contributed by atoms with Crippen LogP contribution < -0.4 is 4.90 Å². The second kappa shape index (κ2) is 16.0. The number of para-hydroxylation sites is 3. The Balaban J connectivity index is 1.01. The molecule has 0 saturated heterocycles. The van der Waals surface area contributed by atoms with Crippen LogP contribution in [0.5, 0.6) is 0 Å². The Bertz CT molecular complexity index is 3860. The minimum atomic E-state index is -0.277. The van der Waals surface area contributed by atoms with Crippen molar-refractivity contribution in [2.24, 2.45) is 0 Å². The average molecular weight is 868 g/mol. The second-order valence-corrected chi connectivity index (χ2v) is 18.1. The summed E-state index contributed by atoms with van der Waals surface area (Å²) in [6.07, 6.45) is 0. The summed E-state index contributed by atoms with van der Waals surface area (Å²) in [6.45, 7) is 2.39. The third-order valence-corrected chi connectivity index (χ3v) is 14.4. The van der Waals surface area contributed by atoms with E-state index < -0.39 is 0 Å². The fourth-order valence-electron chi connectivity index (χ4n) is 11.2. The van der Waals surface area contributed by atoms with Gasteiger partial charge in [-0.3, -0.25) is 0 Å². The van der Waals surface area contributed by atoms with Gasteiger partial charge in [0, 0.05) is 33.0 Å². The summed E-state index contributed by atoms with van der Waals surface area (Å²) in [6, 6.07) is 92.8. The zero-order valence-electron chi connectivity index (χ0n) is 37.6. The smallest absolute Gasteiger partial charge is 0.136 e. The van der Waals surface area contributed by atoms with Crippen LogP contribution in [0.1, 0.15) is 23.6 Å². The Morgan fingerprint density at radius 3 is 1.69 bits per heavy atom. The number of anilines is 3. The lowest BCUT2D eigenvalue weighted by atomic mass is 9.74. The van der Waals surface area contributed by atoms with Gasteiger partial charge in [-0.25, -0.2) is 0 Å². The number of furan rings is 1. The highest BCUT2D eigenvalue weighted by atomic mass is 16.3. The van der Waals surface area contributed by atoms with E-state index in [0.717, 1.165) is 55.7 Å². The van der Waals surface area contributed by atoms with Crippen LogP contribution in [-0.2, 0) is 5.41 Å². The minimum Gasteiger partial charge on any atom is -0.456 e. The SMILES string of the molecule is CC1(c2ccccc2)c2ccccc2-c2c(-c3ccc(N(c4ccccc4-c4ccc5c(c4)oc4ccccc45)c4ccccc4-c4cccc5cccc(-c6ccccc6)c45)cc3)cccc21. The maximum Gasteiger partial charge on any atom is 0.136 e. The molecule has 1 heterocycles. The van der Waals surface area contributed by atoms with E-state index in [4.69, 9.17) is 4.42 Å². The molecule has 0 N–H and O–H groups in total. The molecule has 0 spiro atoms. The fraction of sp³-hybridized carbons (Fsp3) is 0.0303. The highest BCUT2D eigenvalue weighted by Crippen LogP contribution is 2.55. The summed E-state index contributed by atoms with van der Waals surface area (Å²) < 4.78 is 6.48. The zero-order valence-corrected chi connectivity index (χ0v) is 37.6. The maximum atomic E-state index is 6.48. The largest absolute Gasteiger partial charge is 0.456 e. The fourth-order valence-corrected chi connectivity index (χ4v) is 11.2. The standard InChI is InChI=1S/C66H45NO/c1-66(48-23-6-3-7-24-48)58-32-12-8-28-57(58)65-52(30-18-33-59(65)66)45-37-40-49(41-38-45)67(60-34-13-9-25-50(60)47-39-42-55-54-27-11-15-36-62(54)68-63(55)43-47)61-35-14-10-26-53(61)56-31-17-22-46-21-16-29-51(64(46)56)44-19-4-2-5-20-44/h2-43H,1H3. The van der Waals surface area contributed by atoms with Crippen molar-refractivity contribution in [2.75, 3.05) is 4.90 Å². The van der Waals surface area contributed by atoms with Gasteiger partial charge in [-0.1, -0.05) is 212 Å². The highest BCUT2D eigenvalue weighted by molar-refractivity contribution is 6.10. The zero-order chi connectivity index (χ0) is 45.2. The molecule has 0 bridgehead atoms. The molecule has 320 valence electrons. The van der Waals surface area contributed by atoms with Gasteiger partial charge in [0.2, 0.25) is 0 Å². The first-order chi connectivity index (χ1) is 33.6. The first-order valence-electron chi connectivity index (χ1n) is 23.5. The maximum absolute atomic E-state index is 6.48. The molecular formula is C66H45NO. The van der Waals surface area contributed by atoms with Gasteiger partial charge in [-0.2, -0.15) is 0 Å². The Hall–Kier alpha value is -8.72. The molecule has 2 nitrogen and oxygen atoms in total. The van der Waals surface area contributed by atoms with Gasteiger partial charge in [-0.15, -0.1) is 0 Å². The normalized spacial score (nSPS) is 14.0. The predicted octanol–water partition coefficient (Wildman–Crippen LogP) is 18.2. The van der Waals surface area contributed by atoms with E-state index in [1.165, 1.54) is 66.4 Å². The molecule has 0 amide bonds. The van der Waals surface area contributed by atoms with Gasteiger partial charge in [0.05, 0.1) is 11.4 Å². The molecule has 1 aromatic heterocycles. The first kappa shape index (κ1) is 39.6. The number of fused-ring (bicyclic) bond motifs is 7. The van der Waals surface area contributed by atoms with Crippen molar-refractivity contribution in [1.82, 2.24) is 0 Å². The van der Waals surface area contributed by atoms with Gasteiger partial charge in [0.25, 0.3) is 0 Å². The van der Waals surface area contributed by atoms with E-state index >= 15 is 0 Å². The van der Waals surface area contributed by atoms with Crippen molar-refractivity contribution in [3.05, 3.63) is 271 Å². The van der Waals surface area contributed by atoms with Crippen LogP contribution in [-0.4, -0.2) is 0 Å². The minimum absolute atomic E-state index is 0.277. The van der Waals surface area contributed by atoms with Gasteiger partial charge >= 0.3 is 0 Å². The topological polar surface area (TPSA) is 16.4 Å². The van der Waals surface area contributed by atoms with Crippen molar-refractivity contribution < 1.29 is 4.42 Å². The molecule has 1 aliphatic carbocycles. The molecule has 0 fully saturated rings. The van der Waals surface area contributed by atoms with Gasteiger partial charge in [-0.05, 0) is 121 Å². The van der Waals surface area contributed by atoms with Gasteiger partial charge in [0.15, 0.2) is 0 Å². The molecule has 68 heavy (non-hydrogen) atoms. The highest BCUT2D eigenvalue weighted by Gasteiger charge is 2.41. The Morgan fingerprint density at radius 2 is 0.897 bits per heavy atom. The summed E-state index contributed by atoms with van der Waals surface area (Å²) in [7, 11) is 0. The summed E-state index contributed by atoms with van der Waals surface area (Å²) in [5.41, 5.74) is 20.6. The lowest BCUT2D eigenvalue weighted by Gasteiger charge is -2.30. The molecule has 1 aliphatic rings. The molecule has 12 aromatic rings. The van der Waals surface area contributed by atoms with E-state index in [-0.39, 0.29) is 5.41 Å². The lowest BCUT2D eigenvalue weighted by molar-refractivity contribution is 0.669. The Labute approximate surface area is 396 Å². The third-order valence-electron chi connectivity index (χ3n) is 14.4. The molecule has 1 atom stereocenters. The summed E-state index contributed by atoms with van der Waals surface area (Å²) >= 11 is 0. The van der Waals surface area contributed by atoms with Gasteiger partial charge in [0.1, 0.15) is 11.2 Å². The third kappa shape index (κ3) is 6.26. The summed E-state index contributed by atoms with van der Waals surface area (Å²) in [4.78, 5) is 2.46. The van der Waals surface area contributed by atoms with Crippen LogP contribution in [0.3, 0.4) is 0 Å². The van der Waals surface area contributed by atoms with Gasteiger partial charge < -0.3 is 9.32 Å². The van der Waals surface area contributed by atoms with E-state index in [0.29, 0.717) is 0 Å². The number of benzene rings is 11. The van der Waals surface area contributed by atoms with Crippen molar-refractivity contribution in [2.45, 2.75) is 12.3 Å². The van der Waals surface area contributed by atoms with E-state index in [2.05, 4.69) is 254 Å². The molecule has 11 aromatic carbocycles. The van der Waals surface area contributed by atoms with Crippen LogP contribution in [0, 0.1) is 0 Å². The number of nitrogens with zero attached hydrogens (tertiary/aromatic N) is 1. The predicted molar refractivity (Wildman–Crippen MR) is 285 cm³/mol. The molecular weight excluding hydrogens is 823 g/mol.